The van der Waals surface area contributed by atoms with Crippen LogP contribution < -0.4 is 10.4 Å². The molecule has 3 rings (SSSR count). The molecule has 3 aromatic rings. The van der Waals surface area contributed by atoms with Gasteiger partial charge in [0.05, 0.1) is 9.52 Å². The van der Waals surface area contributed by atoms with E-state index in [1.807, 2.05) is 0 Å². The molecule has 0 amide bonds. The molecule has 0 aliphatic rings. The lowest BCUT2D eigenvalue weighted by Crippen LogP contribution is -2.27. The standard InChI is InChI=1S/C16H14Si/c1-2-9-14(10-3-1)17-16-12-6-8-13-7-4-5-11-15(13)16/h1-12H,17H2. The molecular weight excluding hydrogens is 220 g/mol. The van der Waals surface area contributed by atoms with Crippen molar-refractivity contribution in [2.75, 3.05) is 0 Å². The Morgan fingerprint density at radius 3 is 2.18 bits per heavy atom. The highest BCUT2D eigenvalue weighted by Gasteiger charge is 2.01. The zero-order valence-electron chi connectivity index (χ0n) is 9.64. The lowest BCUT2D eigenvalue weighted by atomic mass is 10.1. The van der Waals surface area contributed by atoms with Gasteiger partial charge in [-0.15, -0.1) is 0 Å². The second-order valence-electron chi connectivity index (χ2n) is 4.30. The van der Waals surface area contributed by atoms with Crippen LogP contribution in [-0.4, -0.2) is 9.52 Å². The van der Waals surface area contributed by atoms with Gasteiger partial charge in [-0.1, -0.05) is 83.2 Å². The Bertz CT molecular complexity index is 624. The van der Waals surface area contributed by atoms with E-state index in [0.717, 1.165) is 0 Å². The summed E-state index contributed by atoms with van der Waals surface area (Å²) >= 11 is 0. The molecule has 0 spiro atoms. The van der Waals surface area contributed by atoms with Crippen LogP contribution in [0.4, 0.5) is 0 Å². The Balaban J connectivity index is 2.06. The van der Waals surface area contributed by atoms with Crippen LogP contribution in [0, 0.1) is 0 Å². The molecule has 82 valence electrons. The largest absolute Gasteiger partial charge is 0.0883 e. The predicted octanol–water partition coefficient (Wildman–Crippen LogP) is 1.96. The Labute approximate surface area is 104 Å². The molecule has 0 saturated heterocycles. The highest BCUT2D eigenvalue weighted by atomic mass is 28.2. The topological polar surface area (TPSA) is 0 Å². The average Bonchev–Trinajstić information content (AvgIpc) is 2.40. The van der Waals surface area contributed by atoms with Crippen LogP contribution >= 0.6 is 0 Å². The summed E-state index contributed by atoms with van der Waals surface area (Å²) in [6.45, 7) is 0. The number of hydrogen-bond donors (Lipinski definition) is 0. The first-order valence-corrected chi connectivity index (χ1v) is 7.35. The summed E-state index contributed by atoms with van der Waals surface area (Å²) in [6, 6.07) is 26.2. The molecule has 0 unspecified atom stereocenters. The van der Waals surface area contributed by atoms with Gasteiger partial charge in [0.15, 0.2) is 0 Å². The van der Waals surface area contributed by atoms with E-state index in [2.05, 4.69) is 72.8 Å². The highest BCUT2D eigenvalue weighted by molar-refractivity contribution is 6.69. The van der Waals surface area contributed by atoms with Gasteiger partial charge in [0.25, 0.3) is 0 Å². The monoisotopic (exact) mass is 234 g/mol. The summed E-state index contributed by atoms with van der Waals surface area (Å²) in [7, 11) is -0.356. The zero-order chi connectivity index (χ0) is 11.5. The van der Waals surface area contributed by atoms with E-state index < -0.39 is 0 Å². The van der Waals surface area contributed by atoms with Crippen molar-refractivity contribution in [3.05, 3.63) is 72.8 Å². The molecule has 3 aromatic carbocycles. The molecule has 0 atom stereocenters. The zero-order valence-corrected chi connectivity index (χ0v) is 11.0. The SMILES string of the molecule is c1ccc([SiH2]c2cccc3ccccc23)cc1. The van der Waals surface area contributed by atoms with Gasteiger partial charge in [0.1, 0.15) is 0 Å². The minimum Gasteiger partial charge on any atom is -0.0633 e. The number of hydrogen-bond acceptors (Lipinski definition) is 0. The van der Waals surface area contributed by atoms with Gasteiger partial charge >= 0.3 is 0 Å². The van der Waals surface area contributed by atoms with Crippen molar-refractivity contribution in [3.63, 3.8) is 0 Å². The van der Waals surface area contributed by atoms with Gasteiger partial charge < -0.3 is 0 Å². The first-order valence-electron chi connectivity index (χ1n) is 5.94. The molecule has 0 heterocycles. The van der Waals surface area contributed by atoms with Crippen LogP contribution in [0.25, 0.3) is 10.8 Å². The molecular formula is C16H14Si. The summed E-state index contributed by atoms with van der Waals surface area (Å²) in [6.07, 6.45) is 0. The number of rotatable bonds is 2. The van der Waals surface area contributed by atoms with E-state index >= 15 is 0 Å². The van der Waals surface area contributed by atoms with E-state index in [1.165, 1.54) is 21.1 Å². The normalized spacial score (nSPS) is 11.3. The second kappa shape index (κ2) is 4.56. The minimum absolute atomic E-state index is 0.356. The third-order valence-electron chi connectivity index (χ3n) is 3.12. The van der Waals surface area contributed by atoms with Gasteiger partial charge in [-0.25, -0.2) is 0 Å². The van der Waals surface area contributed by atoms with Crippen molar-refractivity contribution in [1.82, 2.24) is 0 Å². The second-order valence-corrected chi connectivity index (χ2v) is 6.23. The molecule has 0 saturated carbocycles. The van der Waals surface area contributed by atoms with Crippen LogP contribution in [0.15, 0.2) is 72.8 Å². The predicted molar refractivity (Wildman–Crippen MR) is 78.2 cm³/mol. The fourth-order valence-corrected chi connectivity index (χ4v) is 3.98. The average molecular weight is 234 g/mol. The van der Waals surface area contributed by atoms with E-state index in [9.17, 15) is 0 Å². The number of benzene rings is 3. The molecule has 0 fully saturated rings. The molecule has 0 N–H and O–H groups in total. The van der Waals surface area contributed by atoms with E-state index in [0.29, 0.717) is 0 Å². The third kappa shape index (κ3) is 2.15. The van der Waals surface area contributed by atoms with Gasteiger partial charge in [0.2, 0.25) is 0 Å². The Morgan fingerprint density at radius 1 is 0.588 bits per heavy atom. The molecule has 0 aliphatic carbocycles. The first kappa shape index (κ1) is 10.3. The maximum atomic E-state index is 2.28. The molecule has 0 aliphatic heterocycles. The lowest BCUT2D eigenvalue weighted by molar-refractivity contribution is 1.76. The van der Waals surface area contributed by atoms with Crippen molar-refractivity contribution in [3.8, 4) is 0 Å². The summed E-state index contributed by atoms with van der Waals surface area (Å²) in [4.78, 5) is 0. The van der Waals surface area contributed by atoms with E-state index in [1.54, 1.807) is 0 Å². The molecule has 0 nitrogen and oxygen atoms in total. The summed E-state index contributed by atoms with van der Waals surface area (Å²) < 4.78 is 0. The fraction of sp³-hybridized carbons (Fsp3) is 0. The van der Waals surface area contributed by atoms with Crippen molar-refractivity contribution < 1.29 is 0 Å². The van der Waals surface area contributed by atoms with Crippen LogP contribution in [-0.2, 0) is 0 Å². The van der Waals surface area contributed by atoms with Gasteiger partial charge in [-0.2, -0.15) is 0 Å². The minimum atomic E-state index is -0.356. The molecule has 0 aromatic heterocycles. The lowest BCUT2D eigenvalue weighted by Gasteiger charge is -2.05. The quantitative estimate of drug-likeness (QED) is 0.595. The smallest absolute Gasteiger partial charge is 0.0633 e. The molecule has 17 heavy (non-hydrogen) atoms. The first-order chi connectivity index (χ1) is 8.43. The van der Waals surface area contributed by atoms with Crippen molar-refractivity contribution >= 4 is 30.7 Å². The highest BCUT2D eigenvalue weighted by Crippen LogP contribution is 2.09. The van der Waals surface area contributed by atoms with Crippen LogP contribution in [0.3, 0.4) is 0 Å². The van der Waals surface area contributed by atoms with Crippen molar-refractivity contribution in [2.24, 2.45) is 0 Å². The maximum absolute atomic E-state index is 2.28. The van der Waals surface area contributed by atoms with Crippen LogP contribution in [0.2, 0.25) is 0 Å². The Morgan fingerprint density at radius 2 is 1.29 bits per heavy atom. The van der Waals surface area contributed by atoms with Gasteiger partial charge in [-0.3, -0.25) is 0 Å². The molecule has 0 radical (unpaired) electrons. The molecule has 0 bridgehead atoms. The maximum Gasteiger partial charge on any atom is 0.0883 e. The Hall–Kier alpha value is -1.86. The fourth-order valence-electron chi connectivity index (χ4n) is 2.26. The summed E-state index contributed by atoms with van der Waals surface area (Å²) in [5.74, 6) is 0. The molecule has 1 heteroatoms. The van der Waals surface area contributed by atoms with Gasteiger partial charge in [0, 0.05) is 0 Å². The van der Waals surface area contributed by atoms with Crippen LogP contribution in [0.5, 0.6) is 0 Å². The van der Waals surface area contributed by atoms with Crippen molar-refractivity contribution in [1.29, 1.82) is 0 Å². The number of fused-ring (bicyclic) bond motifs is 1. The summed E-state index contributed by atoms with van der Waals surface area (Å²) in [5, 5.41) is 5.82. The third-order valence-corrected chi connectivity index (χ3v) is 4.99. The Kier molecular flexibility index (Phi) is 2.76. The van der Waals surface area contributed by atoms with Crippen molar-refractivity contribution in [2.45, 2.75) is 0 Å². The van der Waals surface area contributed by atoms with E-state index in [-0.39, 0.29) is 9.52 Å². The van der Waals surface area contributed by atoms with E-state index in [4.69, 9.17) is 0 Å². The van der Waals surface area contributed by atoms with Crippen LogP contribution in [0.1, 0.15) is 0 Å². The van der Waals surface area contributed by atoms with Gasteiger partial charge in [-0.05, 0) is 10.8 Å². The summed E-state index contributed by atoms with van der Waals surface area (Å²) in [5.41, 5.74) is 0.